The van der Waals surface area contributed by atoms with Gasteiger partial charge in [0, 0.05) is 24.5 Å². The monoisotopic (exact) mass is 298 g/mol. The number of pyridine rings is 1. The Bertz CT molecular complexity index is 755. The number of aliphatic hydroxyl groups excluding tert-OH is 1. The Labute approximate surface area is 128 Å². The van der Waals surface area contributed by atoms with Crippen molar-refractivity contribution in [1.29, 1.82) is 0 Å². The zero-order valence-electron chi connectivity index (χ0n) is 12.5. The Hall–Kier alpha value is -2.54. The molecule has 0 saturated carbocycles. The molecule has 0 amide bonds. The molecule has 0 bridgehead atoms. The van der Waals surface area contributed by atoms with E-state index in [1.165, 1.54) is 0 Å². The summed E-state index contributed by atoms with van der Waals surface area (Å²) in [5.41, 5.74) is 3.15. The normalized spacial score (nSPS) is 12.7. The predicted molar refractivity (Wildman–Crippen MR) is 82.6 cm³/mol. The van der Waals surface area contributed by atoms with Crippen molar-refractivity contribution in [2.75, 3.05) is 11.9 Å². The van der Waals surface area contributed by atoms with Crippen molar-refractivity contribution < 1.29 is 5.11 Å². The molecule has 3 rings (SSSR count). The van der Waals surface area contributed by atoms with Gasteiger partial charge in [-0.1, -0.05) is 19.9 Å². The quantitative estimate of drug-likeness (QED) is 0.746. The fourth-order valence-corrected chi connectivity index (χ4v) is 2.16. The molecule has 0 spiro atoms. The first-order valence-corrected chi connectivity index (χ1v) is 7.18. The Morgan fingerprint density at radius 3 is 2.95 bits per heavy atom. The second kappa shape index (κ2) is 6.07. The molecular weight excluding hydrogens is 280 g/mol. The summed E-state index contributed by atoms with van der Waals surface area (Å²) in [4.78, 5) is 4.02. The van der Waals surface area contributed by atoms with Crippen LogP contribution in [-0.4, -0.2) is 36.4 Å². The van der Waals surface area contributed by atoms with Crippen molar-refractivity contribution in [2.45, 2.75) is 25.9 Å². The molecule has 0 aromatic carbocycles. The molecule has 0 saturated heterocycles. The van der Waals surface area contributed by atoms with Gasteiger partial charge in [0.25, 0.3) is 0 Å². The van der Waals surface area contributed by atoms with E-state index in [0.29, 0.717) is 12.2 Å². The van der Waals surface area contributed by atoms with Crippen LogP contribution in [0, 0.1) is 0 Å². The highest BCUT2D eigenvalue weighted by atomic mass is 16.3. The van der Waals surface area contributed by atoms with Crippen LogP contribution in [0.1, 0.15) is 37.1 Å². The molecule has 0 aliphatic heterocycles. The summed E-state index contributed by atoms with van der Waals surface area (Å²) in [5.74, 6) is 0.288. The average molecular weight is 298 g/mol. The van der Waals surface area contributed by atoms with Gasteiger partial charge in [0.2, 0.25) is 5.65 Å². The maximum absolute atomic E-state index is 10.2. The van der Waals surface area contributed by atoms with E-state index in [4.69, 9.17) is 0 Å². The Balaban J connectivity index is 1.82. The van der Waals surface area contributed by atoms with E-state index in [2.05, 4.69) is 39.4 Å². The third-order valence-electron chi connectivity index (χ3n) is 3.43. The number of anilines is 1. The molecule has 2 N–H and O–H groups in total. The highest BCUT2D eigenvalue weighted by molar-refractivity contribution is 5.66. The van der Waals surface area contributed by atoms with Gasteiger partial charge < -0.3 is 10.4 Å². The van der Waals surface area contributed by atoms with E-state index >= 15 is 0 Å². The van der Waals surface area contributed by atoms with Gasteiger partial charge in [-0.15, -0.1) is 10.2 Å². The van der Waals surface area contributed by atoms with Gasteiger partial charge in [-0.3, -0.25) is 4.98 Å². The Morgan fingerprint density at radius 1 is 1.36 bits per heavy atom. The van der Waals surface area contributed by atoms with Crippen molar-refractivity contribution in [1.82, 2.24) is 24.8 Å². The standard InChI is InChI=1S/C15H18N6O/c1-10(2)12-6-13(15-19-18-9-21(15)20-12)17-8-14(22)11-4-3-5-16-7-11/h3-7,9-10,14,17,22H,8H2,1-2H3. The van der Waals surface area contributed by atoms with E-state index in [-0.39, 0.29) is 5.92 Å². The van der Waals surface area contributed by atoms with Crippen molar-refractivity contribution in [3.05, 3.63) is 48.2 Å². The SMILES string of the molecule is CC(C)c1cc(NCC(O)c2cccnc2)c2nncn2n1. The van der Waals surface area contributed by atoms with E-state index in [1.54, 1.807) is 29.3 Å². The van der Waals surface area contributed by atoms with Crippen LogP contribution >= 0.6 is 0 Å². The minimum absolute atomic E-state index is 0.288. The summed E-state index contributed by atoms with van der Waals surface area (Å²) < 4.78 is 1.65. The van der Waals surface area contributed by atoms with Gasteiger partial charge in [-0.25, -0.2) is 0 Å². The molecule has 1 atom stereocenters. The molecule has 0 fully saturated rings. The molecule has 0 aliphatic rings. The number of hydrogen-bond donors (Lipinski definition) is 2. The van der Waals surface area contributed by atoms with Crippen molar-refractivity contribution >= 4 is 11.3 Å². The minimum atomic E-state index is -0.646. The van der Waals surface area contributed by atoms with Gasteiger partial charge in [-0.05, 0) is 18.1 Å². The molecule has 3 aromatic rings. The number of hydrogen-bond acceptors (Lipinski definition) is 6. The highest BCUT2D eigenvalue weighted by Crippen LogP contribution is 2.21. The summed E-state index contributed by atoms with van der Waals surface area (Å²) in [6, 6.07) is 5.60. The van der Waals surface area contributed by atoms with Crippen LogP contribution < -0.4 is 5.32 Å². The third-order valence-corrected chi connectivity index (χ3v) is 3.43. The molecule has 114 valence electrons. The average Bonchev–Trinajstić information content (AvgIpc) is 3.01. The first kappa shape index (κ1) is 14.4. The molecule has 0 radical (unpaired) electrons. The van der Waals surface area contributed by atoms with Crippen LogP contribution in [0.15, 0.2) is 36.9 Å². The number of nitrogens with zero attached hydrogens (tertiary/aromatic N) is 5. The number of rotatable bonds is 5. The van der Waals surface area contributed by atoms with Crippen LogP contribution in [0.4, 0.5) is 5.69 Å². The molecule has 7 heteroatoms. The minimum Gasteiger partial charge on any atom is -0.387 e. The largest absolute Gasteiger partial charge is 0.387 e. The van der Waals surface area contributed by atoms with E-state index in [9.17, 15) is 5.11 Å². The summed E-state index contributed by atoms with van der Waals surface area (Å²) in [6.45, 7) is 4.51. The second-order valence-electron chi connectivity index (χ2n) is 5.42. The molecule has 0 aliphatic carbocycles. The van der Waals surface area contributed by atoms with Crippen LogP contribution in [0.5, 0.6) is 0 Å². The molecule has 1 unspecified atom stereocenters. The summed E-state index contributed by atoms with van der Waals surface area (Å²) in [5, 5.41) is 25.9. The number of aromatic nitrogens is 5. The van der Waals surface area contributed by atoms with E-state index in [0.717, 1.165) is 16.9 Å². The predicted octanol–water partition coefficient (Wildman–Crippen LogP) is 1.79. The molecule has 3 heterocycles. The van der Waals surface area contributed by atoms with Crippen LogP contribution in [-0.2, 0) is 0 Å². The fraction of sp³-hybridized carbons (Fsp3) is 0.333. The molecule has 7 nitrogen and oxygen atoms in total. The zero-order valence-corrected chi connectivity index (χ0v) is 12.5. The first-order chi connectivity index (χ1) is 10.6. The second-order valence-corrected chi connectivity index (χ2v) is 5.42. The van der Waals surface area contributed by atoms with Gasteiger partial charge >= 0.3 is 0 Å². The summed E-state index contributed by atoms with van der Waals surface area (Å²) in [6.07, 6.45) is 4.27. The zero-order chi connectivity index (χ0) is 15.5. The lowest BCUT2D eigenvalue weighted by atomic mass is 10.1. The Morgan fingerprint density at radius 2 is 2.23 bits per heavy atom. The number of nitrogens with one attached hydrogen (secondary N) is 1. The molecule has 3 aromatic heterocycles. The van der Waals surface area contributed by atoms with Crippen LogP contribution in [0.2, 0.25) is 0 Å². The van der Waals surface area contributed by atoms with Crippen molar-refractivity contribution in [3.8, 4) is 0 Å². The summed E-state index contributed by atoms with van der Waals surface area (Å²) in [7, 11) is 0. The van der Waals surface area contributed by atoms with Gasteiger partial charge in [0.1, 0.15) is 6.33 Å². The Kier molecular flexibility index (Phi) is 3.97. The lowest BCUT2D eigenvalue weighted by Gasteiger charge is -2.14. The van der Waals surface area contributed by atoms with Gasteiger partial charge in [-0.2, -0.15) is 9.61 Å². The number of aliphatic hydroxyl groups is 1. The highest BCUT2D eigenvalue weighted by Gasteiger charge is 2.12. The third kappa shape index (κ3) is 2.89. The molecule has 22 heavy (non-hydrogen) atoms. The van der Waals surface area contributed by atoms with E-state index in [1.807, 2.05) is 12.1 Å². The van der Waals surface area contributed by atoms with Crippen molar-refractivity contribution in [2.24, 2.45) is 0 Å². The topological polar surface area (TPSA) is 88.2 Å². The maximum atomic E-state index is 10.2. The number of fused-ring (bicyclic) bond motifs is 1. The lowest BCUT2D eigenvalue weighted by molar-refractivity contribution is 0.191. The summed E-state index contributed by atoms with van der Waals surface area (Å²) >= 11 is 0. The maximum Gasteiger partial charge on any atom is 0.200 e. The smallest absolute Gasteiger partial charge is 0.200 e. The van der Waals surface area contributed by atoms with Gasteiger partial charge in [0.15, 0.2) is 0 Å². The first-order valence-electron chi connectivity index (χ1n) is 7.18. The van der Waals surface area contributed by atoms with Crippen molar-refractivity contribution in [3.63, 3.8) is 0 Å². The fourth-order valence-electron chi connectivity index (χ4n) is 2.16. The van der Waals surface area contributed by atoms with Crippen LogP contribution in [0.3, 0.4) is 0 Å². The van der Waals surface area contributed by atoms with E-state index < -0.39 is 6.10 Å². The van der Waals surface area contributed by atoms with Gasteiger partial charge in [0.05, 0.1) is 17.5 Å². The van der Waals surface area contributed by atoms with Crippen LogP contribution in [0.25, 0.3) is 5.65 Å². The molecular formula is C15H18N6O. The lowest BCUT2D eigenvalue weighted by Crippen LogP contribution is -2.14.